The monoisotopic (exact) mass is 505 g/mol. The maximum atomic E-state index is 14.3. The van der Waals surface area contributed by atoms with E-state index < -0.39 is 21.9 Å². The smallest absolute Gasteiger partial charge is 0.242 e. The molecule has 0 aliphatic carbocycles. The number of nitrogens with one attached hydrogen (secondary N) is 1. The number of carbonyl (C=O) groups is 2. The van der Waals surface area contributed by atoms with Crippen molar-refractivity contribution in [1.82, 2.24) is 10.2 Å². The molecule has 0 aliphatic heterocycles. The molecule has 2 rings (SSSR count). The Morgan fingerprint density at radius 2 is 1.69 bits per heavy atom. The lowest BCUT2D eigenvalue weighted by molar-refractivity contribution is -0.140. The van der Waals surface area contributed by atoms with Crippen molar-refractivity contribution in [1.29, 1.82) is 0 Å². The van der Waals surface area contributed by atoms with Crippen LogP contribution >= 0.6 is 0 Å². The van der Waals surface area contributed by atoms with E-state index in [-0.39, 0.29) is 49.5 Å². The second-order valence-corrected chi connectivity index (χ2v) is 10.7. The lowest BCUT2D eigenvalue weighted by atomic mass is 10.1. The van der Waals surface area contributed by atoms with Gasteiger partial charge >= 0.3 is 0 Å². The minimum Gasteiger partial charge on any atom is -0.352 e. The van der Waals surface area contributed by atoms with E-state index in [9.17, 15) is 22.4 Å². The fourth-order valence-electron chi connectivity index (χ4n) is 3.66. The van der Waals surface area contributed by atoms with Gasteiger partial charge in [-0.1, -0.05) is 43.3 Å². The summed E-state index contributed by atoms with van der Waals surface area (Å²) >= 11 is 0. The molecule has 2 amide bonds. The van der Waals surface area contributed by atoms with Crippen LogP contribution in [0.4, 0.5) is 10.1 Å². The summed E-state index contributed by atoms with van der Waals surface area (Å²) in [6, 6.07) is 12.5. The van der Waals surface area contributed by atoms with Crippen LogP contribution in [0.1, 0.15) is 51.2 Å². The van der Waals surface area contributed by atoms with E-state index in [1.54, 1.807) is 13.0 Å². The summed E-state index contributed by atoms with van der Waals surface area (Å²) in [6.07, 6.45) is 1.95. The number of carbonyl (C=O) groups excluding carboxylic acids is 2. The van der Waals surface area contributed by atoms with E-state index in [4.69, 9.17) is 0 Å². The predicted molar refractivity (Wildman–Crippen MR) is 137 cm³/mol. The van der Waals surface area contributed by atoms with Crippen LogP contribution in [0.2, 0.25) is 0 Å². The first-order chi connectivity index (χ1) is 16.5. The summed E-state index contributed by atoms with van der Waals surface area (Å²) in [7, 11) is -3.75. The van der Waals surface area contributed by atoms with Crippen LogP contribution < -0.4 is 9.62 Å². The average molecular weight is 506 g/mol. The van der Waals surface area contributed by atoms with Gasteiger partial charge in [0.05, 0.1) is 11.9 Å². The molecule has 0 bridgehead atoms. The van der Waals surface area contributed by atoms with E-state index >= 15 is 0 Å². The van der Waals surface area contributed by atoms with Gasteiger partial charge in [0.2, 0.25) is 21.8 Å². The molecule has 0 spiro atoms. The number of anilines is 1. The zero-order valence-electron chi connectivity index (χ0n) is 21.1. The number of sulfonamides is 1. The van der Waals surface area contributed by atoms with Gasteiger partial charge in [0.1, 0.15) is 11.9 Å². The molecule has 0 fully saturated rings. The van der Waals surface area contributed by atoms with Gasteiger partial charge in [0, 0.05) is 25.6 Å². The number of benzene rings is 2. The summed E-state index contributed by atoms with van der Waals surface area (Å²) in [5.41, 5.74) is 1.87. The van der Waals surface area contributed by atoms with Crippen molar-refractivity contribution in [3.8, 4) is 0 Å². The highest BCUT2D eigenvalue weighted by Gasteiger charge is 2.28. The van der Waals surface area contributed by atoms with Gasteiger partial charge in [-0.15, -0.1) is 0 Å². The molecule has 9 heteroatoms. The van der Waals surface area contributed by atoms with Crippen molar-refractivity contribution >= 4 is 27.5 Å². The number of halogens is 1. The maximum absolute atomic E-state index is 14.3. The molecule has 192 valence electrons. The molecule has 2 aromatic rings. The Morgan fingerprint density at radius 1 is 1.06 bits per heavy atom. The Hall–Kier alpha value is -2.94. The molecule has 0 saturated heterocycles. The molecule has 0 saturated carbocycles. The van der Waals surface area contributed by atoms with Crippen molar-refractivity contribution in [2.24, 2.45) is 0 Å². The zero-order chi connectivity index (χ0) is 26.2. The third kappa shape index (κ3) is 8.06. The molecule has 7 nitrogen and oxygen atoms in total. The molecule has 2 aromatic carbocycles. The van der Waals surface area contributed by atoms with E-state index in [1.165, 1.54) is 23.1 Å². The van der Waals surface area contributed by atoms with E-state index in [2.05, 4.69) is 5.32 Å². The van der Waals surface area contributed by atoms with Crippen molar-refractivity contribution in [2.45, 2.75) is 65.6 Å². The Morgan fingerprint density at radius 3 is 2.29 bits per heavy atom. The van der Waals surface area contributed by atoms with Crippen LogP contribution in [0.3, 0.4) is 0 Å². The van der Waals surface area contributed by atoms with Gasteiger partial charge in [-0.05, 0) is 56.9 Å². The Labute approximate surface area is 208 Å². The number of aryl methyl sites for hydroxylation is 1. The average Bonchev–Trinajstić information content (AvgIpc) is 2.80. The van der Waals surface area contributed by atoms with Crippen molar-refractivity contribution in [3.63, 3.8) is 0 Å². The van der Waals surface area contributed by atoms with Gasteiger partial charge in [0.25, 0.3) is 0 Å². The quantitative estimate of drug-likeness (QED) is 0.472. The Balaban J connectivity index is 2.20. The summed E-state index contributed by atoms with van der Waals surface area (Å²) < 4.78 is 39.9. The lowest BCUT2D eigenvalue weighted by Crippen LogP contribution is -2.49. The maximum Gasteiger partial charge on any atom is 0.242 e. The van der Waals surface area contributed by atoms with E-state index in [1.807, 2.05) is 45.0 Å². The minimum atomic E-state index is -3.75. The number of hydrogen-bond acceptors (Lipinski definition) is 4. The van der Waals surface area contributed by atoms with Gasteiger partial charge in [-0.3, -0.25) is 13.9 Å². The third-order valence-electron chi connectivity index (χ3n) is 6.04. The molecule has 0 unspecified atom stereocenters. The molecule has 0 aliphatic rings. The fourth-order valence-corrected chi connectivity index (χ4v) is 4.62. The van der Waals surface area contributed by atoms with Crippen LogP contribution in [0.5, 0.6) is 0 Å². The topological polar surface area (TPSA) is 86.8 Å². The van der Waals surface area contributed by atoms with Crippen LogP contribution in [-0.4, -0.2) is 50.0 Å². The van der Waals surface area contributed by atoms with Crippen molar-refractivity contribution in [2.75, 3.05) is 17.1 Å². The number of rotatable bonds is 12. The molecule has 1 N–H and O–H groups in total. The predicted octanol–water partition coefficient (Wildman–Crippen LogP) is 4.01. The summed E-state index contributed by atoms with van der Waals surface area (Å²) in [5, 5.41) is 2.92. The standard InChI is InChI=1S/C26H36FN3O4S/c1-6-20(3)28-26(32)21(4)29(18-22-13-8-7-12-19(22)2)25(31)16-11-17-30(35(5,33)34)24-15-10-9-14-23(24)27/h7-10,12-15,20-21H,6,11,16-18H2,1-5H3,(H,28,32)/t20-,21+/m1/s1. The molecule has 0 radical (unpaired) electrons. The Bertz CT molecular complexity index is 1120. The summed E-state index contributed by atoms with van der Waals surface area (Å²) in [6.45, 7) is 7.70. The second-order valence-electron chi connectivity index (χ2n) is 8.83. The molecule has 2 atom stereocenters. The molecule has 35 heavy (non-hydrogen) atoms. The number of para-hydroxylation sites is 1. The van der Waals surface area contributed by atoms with E-state index in [0.717, 1.165) is 28.1 Å². The van der Waals surface area contributed by atoms with Gasteiger partial charge in [0.15, 0.2) is 0 Å². The van der Waals surface area contributed by atoms with Crippen LogP contribution in [0.25, 0.3) is 0 Å². The fraction of sp³-hybridized carbons (Fsp3) is 0.462. The first kappa shape index (κ1) is 28.3. The normalized spacial score (nSPS) is 13.1. The highest BCUT2D eigenvalue weighted by molar-refractivity contribution is 7.92. The SMILES string of the molecule is CC[C@@H](C)NC(=O)[C@H](C)N(Cc1ccccc1C)C(=O)CCCN(c1ccccc1F)S(C)(=O)=O. The molecular weight excluding hydrogens is 469 g/mol. The third-order valence-corrected chi connectivity index (χ3v) is 7.22. The van der Waals surface area contributed by atoms with Gasteiger partial charge in [-0.25, -0.2) is 12.8 Å². The molecular formula is C26H36FN3O4S. The highest BCUT2D eigenvalue weighted by atomic mass is 32.2. The van der Waals surface area contributed by atoms with Gasteiger partial charge in [-0.2, -0.15) is 0 Å². The molecule has 0 heterocycles. The Kier molecular flexibility index (Phi) is 10.2. The van der Waals surface area contributed by atoms with Crippen LogP contribution in [0.15, 0.2) is 48.5 Å². The highest BCUT2D eigenvalue weighted by Crippen LogP contribution is 2.22. The summed E-state index contributed by atoms with van der Waals surface area (Å²) in [5.74, 6) is -1.17. The van der Waals surface area contributed by atoms with Crippen LogP contribution in [-0.2, 0) is 26.2 Å². The minimum absolute atomic E-state index is 0.00725. The van der Waals surface area contributed by atoms with Crippen molar-refractivity contribution < 1.29 is 22.4 Å². The number of nitrogens with zero attached hydrogens (tertiary/aromatic N) is 2. The summed E-state index contributed by atoms with van der Waals surface area (Å²) in [4.78, 5) is 27.7. The largest absolute Gasteiger partial charge is 0.352 e. The van der Waals surface area contributed by atoms with Gasteiger partial charge < -0.3 is 10.2 Å². The van der Waals surface area contributed by atoms with E-state index in [0.29, 0.717) is 0 Å². The first-order valence-corrected chi connectivity index (χ1v) is 13.7. The molecule has 0 aromatic heterocycles. The number of hydrogen-bond donors (Lipinski definition) is 1. The van der Waals surface area contributed by atoms with Crippen molar-refractivity contribution in [3.05, 3.63) is 65.5 Å². The second kappa shape index (κ2) is 12.7. The first-order valence-electron chi connectivity index (χ1n) is 11.8. The zero-order valence-corrected chi connectivity index (χ0v) is 21.9. The van der Waals surface area contributed by atoms with Crippen LogP contribution in [0, 0.1) is 12.7 Å². The lowest BCUT2D eigenvalue weighted by Gasteiger charge is -2.30. The number of amides is 2.